The van der Waals surface area contributed by atoms with Crippen LogP contribution in [-0.2, 0) is 0 Å². The molecule has 0 aliphatic carbocycles. The van der Waals surface area contributed by atoms with Crippen LogP contribution in [-0.4, -0.2) is 36.4 Å². The van der Waals surface area contributed by atoms with Crippen LogP contribution < -0.4 is 10.1 Å². The third-order valence-electron chi connectivity index (χ3n) is 4.30. The number of nitrogens with one attached hydrogen (secondary N) is 1. The topological polar surface area (TPSA) is 58.6 Å². The van der Waals surface area contributed by atoms with E-state index in [1.54, 1.807) is 41.3 Å². The van der Waals surface area contributed by atoms with Crippen molar-refractivity contribution in [1.82, 2.24) is 4.90 Å². The van der Waals surface area contributed by atoms with E-state index in [2.05, 4.69) is 12.2 Å². The fraction of sp³-hybridized carbons (Fsp3) is 0.364. The summed E-state index contributed by atoms with van der Waals surface area (Å²) >= 11 is 0. The molecule has 0 aromatic heterocycles. The number of nitrogens with zero attached hydrogens (tertiary/aromatic N) is 1. The number of benzene rings is 2. The molecule has 0 spiro atoms. The summed E-state index contributed by atoms with van der Waals surface area (Å²) in [6.07, 6.45) is 2.04. The fourth-order valence-electron chi connectivity index (χ4n) is 2.65. The van der Waals surface area contributed by atoms with Gasteiger partial charge < -0.3 is 15.0 Å². The van der Waals surface area contributed by atoms with Crippen molar-refractivity contribution in [3.8, 4) is 5.75 Å². The Morgan fingerprint density at radius 2 is 1.67 bits per heavy atom. The van der Waals surface area contributed by atoms with Crippen LogP contribution >= 0.6 is 0 Å². The minimum Gasteiger partial charge on any atom is -0.494 e. The zero-order valence-electron chi connectivity index (χ0n) is 16.3. The van der Waals surface area contributed by atoms with Crippen molar-refractivity contribution in [2.75, 3.05) is 25.0 Å². The Morgan fingerprint density at radius 3 is 2.30 bits per heavy atom. The zero-order valence-corrected chi connectivity index (χ0v) is 16.3. The van der Waals surface area contributed by atoms with Gasteiger partial charge in [0.15, 0.2) is 0 Å². The van der Waals surface area contributed by atoms with Gasteiger partial charge in [0.1, 0.15) is 5.75 Å². The standard InChI is InChI=1S/C22H28N2O3/c1-4-7-15-27-20-10-8-9-18(16-20)21(25)23-19-13-11-17(12-14-19)22(26)24(5-2)6-3/h8-14,16H,4-7,15H2,1-3H3,(H,23,25). The first-order valence-electron chi connectivity index (χ1n) is 9.52. The second-order valence-corrected chi connectivity index (χ2v) is 6.24. The van der Waals surface area contributed by atoms with E-state index in [0.29, 0.717) is 42.3 Å². The molecule has 0 fully saturated rings. The molecule has 2 amide bonds. The van der Waals surface area contributed by atoms with E-state index >= 15 is 0 Å². The number of anilines is 1. The lowest BCUT2D eigenvalue weighted by Gasteiger charge is -2.18. The first-order chi connectivity index (χ1) is 13.1. The Morgan fingerprint density at radius 1 is 0.963 bits per heavy atom. The lowest BCUT2D eigenvalue weighted by atomic mass is 10.1. The van der Waals surface area contributed by atoms with E-state index in [1.165, 1.54) is 0 Å². The van der Waals surface area contributed by atoms with E-state index in [9.17, 15) is 9.59 Å². The van der Waals surface area contributed by atoms with Gasteiger partial charge in [-0.25, -0.2) is 0 Å². The Hall–Kier alpha value is -2.82. The van der Waals surface area contributed by atoms with Crippen molar-refractivity contribution in [2.45, 2.75) is 33.6 Å². The Kier molecular flexibility index (Phi) is 7.86. The SMILES string of the molecule is CCCCOc1cccc(C(=O)Nc2ccc(C(=O)N(CC)CC)cc2)c1. The highest BCUT2D eigenvalue weighted by molar-refractivity contribution is 6.04. The highest BCUT2D eigenvalue weighted by Crippen LogP contribution is 2.17. The van der Waals surface area contributed by atoms with E-state index in [1.807, 2.05) is 26.0 Å². The monoisotopic (exact) mass is 368 g/mol. The highest BCUT2D eigenvalue weighted by atomic mass is 16.5. The van der Waals surface area contributed by atoms with Crippen LogP contribution in [0, 0.1) is 0 Å². The van der Waals surface area contributed by atoms with Gasteiger partial charge in [-0.05, 0) is 62.7 Å². The van der Waals surface area contributed by atoms with Crippen molar-refractivity contribution in [1.29, 1.82) is 0 Å². The van der Waals surface area contributed by atoms with E-state index in [0.717, 1.165) is 12.8 Å². The molecule has 0 aliphatic rings. The number of rotatable bonds is 9. The molecular formula is C22H28N2O3. The summed E-state index contributed by atoms with van der Waals surface area (Å²) < 4.78 is 5.65. The average molecular weight is 368 g/mol. The van der Waals surface area contributed by atoms with Crippen LogP contribution in [0.1, 0.15) is 54.3 Å². The van der Waals surface area contributed by atoms with Gasteiger partial charge >= 0.3 is 0 Å². The molecule has 0 radical (unpaired) electrons. The van der Waals surface area contributed by atoms with Crippen molar-refractivity contribution in [3.63, 3.8) is 0 Å². The van der Waals surface area contributed by atoms with Crippen LogP contribution in [0.4, 0.5) is 5.69 Å². The van der Waals surface area contributed by atoms with Gasteiger partial charge in [-0.15, -0.1) is 0 Å². The quantitative estimate of drug-likeness (QED) is 0.658. The lowest BCUT2D eigenvalue weighted by molar-refractivity contribution is 0.0773. The molecule has 0 aliphatic heterocycles. The molecule has 2 aromatic carbocycles. The minimum absolute atomic E-state index is 0.00481. The third kappa shape index (κ3) is 5.84. The number of amides is 2. The van der Waals surface area contributed by atoms with Crippen LogP contribution in [0.3, 0.4) is 0 Å². The van der Waals surface area contributed by atoms with Crippen LogP contribution in [0.15, 0.2) is 48.5 Å². The van der Waals surface area contributed by atoms with Gasteiger partial charge in [0.2, 0.25) is 0 Å². The number of unbranched alkanes of at least 4 members (excludes halogenated alkanes) is 1. The maximum absolute atomic E-state index is 12.5. The highest BCUT2D eigenvalue weighted by Gasteiger charge is 2.13. The fourth-order valence-corrected chi connectivity index (χ4v) is 2.65. The number of carbonyl (C=O) groups is 2. The van der Waals surface area contributed by atoms with E-state index in [-0.39, 0.29) is 11.8 Å². The van der Waals surface area contributed by atoms with Crippen molar-refractivity contribution in [3.05, 3.63) is 59.7 Å². The number of ether oxygens (including phenoxy) is 1. The van der Waals surface area contributed by atoms with Crippen molar-refractivity contribution >= 4 is 17.5 Å². The maximum atomic E-state index is 12.5. The molecule has 5 nitrogen and oxygen atoms in total. The van der Waals surface area contributed by atoms with Crippen molar-refractivity contribution in [2.24, 2.45) is 0 Å². The molecule has 0 heterocycles. The predicted molar refractivity (Wildman–Crippen MR) is 108 cm³/mol. The third-order valence-corrected chi connectivity index (χ3v) is 4.30. The molecular weight excluding hydrogens is 340 g/mol. The molecule has 0 unspecified atom stereocenters. The normalized spacial score (nSPS) is 10.3. The summed E-state index contributed by atoms with van der Waals surface area (Å²) in [4.78, 5) is 26.6. The summed E-state index contributed by atoms with van der Waals surface area (Å²) in [6, 6.07) is 14.1. The molecule has 0 saturated carbocycles. The van der Waals surface area contributed by atoms with Crippen molar-refractivity contribution < 1.29 is 14.3 Å². The average Bonchev–Trinajstić information content (AvgIpc) is 2.70. The molecule has 27 heavy (non-hydrogen) atoms. The summed E-state index contributed by atoms with van der Waals surface area (Å²) in [7, 11) is 0. The van der Waals surface area contributed by atoms with Gasteiger partial charge in [-0.1, -0.05) is 19.4 Å². The number of carbonyl (C=O) groups excluding carboxylic acids is 2. The van der Waals surface area contributed by atoms with Crippen LogP contribution in [0.2, 0.25) is 0 Å². The second-order valence-electron chi connectivity index (χ2n) is 6.24. The molecule has 1 N–H and O–H groups in total. The zero-order chi connectivity index (χ0) is 19.6. The molecule has 5 heteroatoms. The minimum atomic E-state index is -0.209. The first-order valence-corrected chi connectivity index (χ1v) is 9.52. The number of hydrogen-bond acceptors (Lipinski definition) is 3. The Balaban J connectivity index is 2.01. The maximum Gasteiger partial charge on any atom is 0.255 e. The summed E-state index contributed by atoms with van der Waals surface area (Å²) in [6.45, 7) is 8.00. The molecule has 0 atom stereocenters. The largest absolute Gasteiger partial charge is 0.494 e. The van der Waals surface area contributed by atoms with Gasteiger partial charge in [0, 0.05) is 29.9 Å². The van der Waals surface area contributed by atoms with Gasteiger partial charge in [0.05, 0.1) is 6.61 Å². The summed E-state index contributed by atoms with van der Waals surface area (Å²) in [5.41, 5.74) is 1.80. The first kappa shape index (κ1) is 20.5. The van der Waals surface area contributed by atoms with Crippen LogP contribution in [0.5, 0.6) is 5.75 Å². The van der Waals surface area contributed by atoms with Gasteiger partial charge in [-0.2, -0.15) is 0 Å². The van der Waals surface area contributed by atoms with E-state index in [4.69, 9.17) is 4.74 Å². The predicted octanol–water partition coefficient (Wildman–Crippen LogP) is 4.60. The van der Waals surface area contributed by atoms with Crippen LogP contribution in [0.25, 0.3) is 0 Å². The Bertz CT molecular complexity index is 752. The molecule has 0 bridgehead atoms. The lowest BCUT2D eigenvalue weighted by Crippen LogP contribution is -2.30. The Labute approximate surface area is 161 Å². The molecule has 2 rings (SSSR count). The van der Waals surface area contributed by atoms with Gasteiger partial charge in [0.25, 0.3) is 11.8 Å². The number of hydrogen-bond donors (Lipinski definition) is 1. The van der Waals surface area contributed by atoms with Gasteiger partial charge in [-0.3, -0.25) is 9.59 Å². The molecule has 144 valence electrons. The molecule has 2 aromatic rings. The molecule has 0 saturated heterocycles. The smallest absolute Gasteiger partial charge is 0.255 e. The van der Waals surface area contributed by atoms with E-state index < -0.39 is 0 Å². The summed E-state index contributed by atoms with van der Waals surface area (Å²) in [5.74, 6) is 0.477. The summed E-state index contributed by atoms with van der Waals surface area (Å²) in [5, 5.41) is 2.86. The second kappa shape index (κ2) is 10.4.